The number of hydrogen-bond donors (Lipinski definition) is 1. The van der Waals surface area contributed by atoms with E-state index >= 15 is 0 Å². The van der Waals surface area contributed by atoms with E-state index in [0.717, 1.165) is 11.1 Å². The summed E-state index contributed by atoms with van der Waals surface area (Å²) in [7, 11) is -1.99. The molecule has 0 aromatic heterocycles. The highest BCUT2D eigenvalue weighted by Gasteiger charge is 2.31. The van der Waals surface area contributed by atoms with Crippen LogP contribution in [0.25, 0.3) is 0 Å². The van der Waals surface area contributed by atoms with E-state index in [4.69, 9.17) is 14.0 Å². The maximum atomic E-state index is 13.0. The van der Waals surface area contributed by atoms with Crippen LogP contribution >= 0.6 is 7.52 Å². The molecule has 6 nitrogen and oxygen atoms in total. The van der Waals surface area contributed by atoms with Crippen LogP contribution in [0.2, 0.25) is 0 Å². The molecule has 0 saturated heterocycles. The first-order valence-corrected chi connectivity index (χ1v) is 9.31. The van der Waals surface area contributed by atoms with Crippen LogP contribution in [0.15, 0.2) is 18.2 Å². The first-order valence-electron chi connectivity index (χ1n) is 7.50. The fourth-order valence-corrected chi connectivity index (χ4v) is 3.65. The highest BCUT2D eigenvalue weighted by Crippen LogP contribution is 2.44. The van der Waals surface area contributed by atoms with E-state index < -0.39 is 19.5 Å². The fraction of sp³-hybridized carbons (Fsp3) is 0.562. The van der Waals surface area contributed by atoms with Crippen molar-refractivity contribution < 1.29 is 23.4 Å². The Hall–Kier alpha value is -1.36. The van der Waals surface area contributed by atoms with E-state index in [2.05, 4.69) is 5.09 Å². The van der Waals surface area contributed by atoms with Gasteiger partial charge >= 0.3 is 13.5 Å². The van der Waals surface area contributed by atoms with Crippen molar-refractivity contribution in [1.82, 2.24) is 5.09 Å². The van der Waals surface area contributed by atoms with Gasteiger partial charge in [0.05, 0.1) is 6.10 Å². The lowest BCUT2D eigenvalue weighted by molar-refractivity contribution is -0.149. The van der Waals surface area contributed by atoms with Crippen LogP contribution in [0.1, 0.15) is 31.9 Å². The molecule has 0 spiro atoms. The lowest BCUT2D eigenvalue weighted by atomic mass is 10.1. The summed E-state index contributed by atoms with van der Waals surface area (Å²) in [6.45, 7) is 8.93. The predicted molar refractivity (Wildman–Crippen MR) is 89.9 cm³/mol. The Morgan fingerprint density at radius 2 is 1.91 bits per heavy atom. The molecule has 1 aromatic carbocycles. The van der Waals surface area contributed by atoms with Gasteiger partial charge in [0, 0.05) is 7.11 Å². The second-order valence-corrected chi connectivity index (χ2v) is 7.76. The highest BCUT2D eigenvalue weighted by atomic mass is 31.2. The van der Waals surface area contributed by atoms with E-state index in [1.54, 1.807) is 26.8 Å². The van der Waals surface area contributed by atoms with Crippen molar-refractivity contribution in [3.63, 3.8) is 0 Å². The Morgan fingerprint density at radius 1 is 1.26 bits per heavy atom. The number of esters is 1. The molecule has 1 rings (SSSR count). The summed E-state index contributed by atoms with van der Waals surface area (Å²) in [6.07, 6.45) is -0.395. The van der Waals surface area contributed by atoms with Crippen LogP contribution in [-0.4, -0.2) is 31.6 Å². The third-order valence-electron chi connectivity index (χ3n) is 3.20. The molecule has 1 N–H and O–H groups in total. The molecule has 130 valence electrons. The molecule has 0 aliphatic carbocycles. The van der Waals surface area contributed by atoms with Gasteiger partial charge in [-0.3, -0.25) is 9.36 Å². The Labute approximate surface area is 138 Å². The summed E-state index contributed by atoms with van der Waals surface area (Å²) in [5, 5.41) is 2.73. The number of aryl methyl sites for hydroxylation is 1. The van der Waals surface area contributed by atoms with Gasteiger partial charge < -0.3 is 14.0 Å². The number of hydrogen-bond acceptors (Lipinski definition) is 5. The summed E-state index contributed by atoms with van der Waals surface area (Å²) in [5.41, 5.74) is 1.92. The van der Waals surface area contributed by atoms with Gasteiger partial charge in [0.1, 0.15) is 18.1 Å². The summed E-state index contributed by atoms with van der Waals surface area (Å²) in [6, 6.07) is 4.73. The summed E-state index contributed by atoms with van der Waals surface area (Å²) in [5.74, 6) is 0.0169. The third kappa shape index (κ3) is 5.98. The van der Waals surface area contributed by atoms with Crippen molar-refractivity contribution in [1.29, 1.82) is 0 Å². The molecule has 0 bridgehead atoms. The van der Waals surface area contributed by atoms with E-state index in [-0.39, 0.29) is 12.5 Å². The lowest BCUT2D eigenvalue weighted by Gasteiger charge is -2.24. The zero-order valence-corrected chi connectivity index (χ0v) is 15.5. The SMILES string of the molecule is COCP(=O)(N[C@@H](C)C(=O)OC(C)C)Oc1cccc(C)c1C. The molecule has 1 aromatic rings. The van der Waals surface area contributed by atoms with Gasteiger partial charge in [-0.25, -0.2) is 5.09 Å². The zero-order chi connectivity index (χ0) is 17.6. The number of nitrogens with one attached hydrogen (secondary N) is 1. The molecule has 0 radical (unpaired) electrons. The molecule has 23 heavy (non-hydrogen) atoms. The largest absolute Gasteiger partial charge is 0.462 e. The van der Waals surface area contributed by atoms with Crippen LogP contribution in [0.3, 0.4) is 0 Å². The third-order valence-corrected chi connectivity index (χ3v) is 5.07. The topological polar surface area (TPSA) is 73.9 Å². The standard InChI is InChI=1S/C16H26NO5P/c1-11(2)21-16(18)14(5)17-23(19,10-20-6)22-15-9-7-8-12(3)13(15)4/h7-9,11,14H,10H2,1-6H3,(H,17,19)/t14-,23?/m0/s1. The zero-order valence-electron chi connectivity index (χ0n) is 14.6. The van der Waals surface area contributed by atoms with Gasteiger partial charge in [0.2, 0.25) is 0 Å². The first-order chi connectivity index (χ1) is 10.7. The molecule has 0 amide bonds. The Morgan fingerprint density at radius 3 is 2.48 bits per heavy atom. The van der Waals surface area contributed by atoms with Crippen LogP contribution in [0.5, 0.6) is 5.75 Å². The minimum Gasteiger partial charge on any atom is -0.462 e. The van der Waals surface area contributed by atoms with Crippen LogP contribution in [-0.2, 0) is 18.8 Å². The summed E-state index contributed by atoms with van der Waals surface area (Å²) in [4.78, 5) is 11.9. The van der Waals surface area contributed by atoms with E-state index in [9.17, 15) is 9.36 Å². The normalized spacial score (nSPS) is 15.1. The van der Waals surface area contributed by atoms with Crippen molar-refractivity contribution >= 4 is 13.5 Å². The molecule has 0 aliphatic heterocycles. The predicted octanol–water partition coefficient (Wildman–Crippen LogP) is 3.41. The van der Waals surface area contributed by atoms with Crippen molar-refractivity contribution in [3.8, 4) is 5.75 Å². The van der Waals surface area contributed by atoms with Gasteiger partial charge in [-0.15, -0.1) is 0 Å². The molecule has 0 saturated carbocycles. The van der Waals surface area contributed by atoms with E-state index in [0.29, 0.717) is 5.75 Å². The molecular weight excluding hydrogens is 317 g/mol. The van der Waals surface area contributed by atoms with Crippen molar-refractivity contribution in [2.75, 3.05) is 13.5 Å². The van der Waals surface area contributed by atoms with Gasteiger partial charge in [-0.1, -0.05) is 12.1 Å². The highest BCUT2D eigenvalue weighted by molar-refractivity contribution is 7.57. The number of carbonyl (C=O) groups excluding carboxylic acids is 1. The molecule has 0 heterocycles. The number of methoxy groups -OCH3 is 1. The van der Waals surface area contributed by atoms with Crippen LogP contribution in [0, 0.1) is 13.8 Å². The van der Waals surface area contributed by atoms with Crippen LogP contribution < -0.4 is 9.61 Å². The maximum Gasteiger partial charge on any atom is 0.342 e. The lowest BCUT2D eigenvalue weighted by Crippen LogP contribution is -2.36. The fourth-order valence-electron chi connectivity index (χ4n) is 1.92. The molecule has 7 heteroatoms. The second kappa shape index (κ2) is 8.48. The average Bonchev–Trinajstić information content (AvgIpc) is 2.43. The maximum absolute atomic E-state index is 13.0. The molecule has 0 aliphatic rings. The number of ether oxygens (including phenoxy) is 2. The molecule has 1 unspecified atom stereocenters. The minimum atomic E-state index is -3.41. The Kier molecular flexibility index (Phi) is 7.26. The van der Waals surface area contributed by atoms with E-state index in [1.165, 1.54) is 7.11 Å². The van der Waals surface area contributed by atoms with Crippen molar-refractivity contribution in [3.05, 3.63) is 29.3 Å². The number of rotatable bonds is 8. The smallest absolute Gasteiger partial charge is 0.342 e. The minimum absolute atomic E-state index is 0.153. The van der Waals surface area contributed by atoms with Crippen molar-refractivity contribution in [2.24, 2.45) is 0 Å². The van der Waals surface area contributed by atoms with Gasteiger partial charge in [0.25, 0.3) is 0 Å². The Balaban J connectivity index is 2.92. The van der Waals surface area contributed by atoms with Gasteiger partial charge in [-0.2, -0.15) is 0 Å². The quantitative estimate of drug-likeness (QED) is 0.576. The van der Waals surface area contributed by atoms with E-state index in [1.807, 2.05) is 26.0 Å². The van der Waals surface area contributed by atoms with Crippen LogP contribution in [0.4, 0.5) is 0 Å². The molecular formula is C16H26NO5P. The number of benzene rings is 1. The van der Waals surface area contributed by atoms with Gasteiger partial charge in [0.15, 0.2) is 0 Å². The number of carbonyl (C=O) groups is 1. The first kappa shape index (κ1) is 19.7. The monoisotopic (exact) mass is 343 g/mol. The van der Waals surface area contributed by atoms with Crippen molar-refractivity contribution in [2.45, 2.75) is 46.8 Å². The summed E-state index contributed by atoms with van der Waals surface area (Å²) < 4.78 is 28.8. The average molecular weight is 343 g/mol. The summed E-state index contributed by atoms with van der Waals surface area (Å²) >= 11 is 0. The molecule has 0 fully saturated rings. The second-order valence-electron chi connectivity index (χ2n) is 5.72. The molecule has 2 atom stereocenters. The van der Waals surface area contributed by atoms with Gasteiger partial charge in [-0.05, 0) is 51.8 Å². The Bertz CT molecular complexity index is 588.